The molecule has 0 aliphatic carbocycles. The molecule has 2 aromatic carbocycles. The van der Waals surface area contributed by atoms with Crippen molar-refractivity contribution >= 4 is 15.9 Å². The van der Waals surface area contributed by atoms with E-state index in [9.17, 15) is 8.78 Å². The fraction of sp³-hybridized carbons (Fsp3) is 0.143. The minimum atomic E-state index is -0.376. The van der Waals surface area contributed by atoms with Crippen LogP contribution in [0.5, 0.6) is 5.75 Å². The van der Waals surface area contributed by atoms with E-state index in [0.29, 0.717) is 28.8 Å². The molecule has 4 heteroatoms. The molecule has 0 heterocycles. The monoisotopic (exact) mass is 312 g/mol. The maximum atomic E-state index is 13.3. The Balaban J connectivity index is 1.92. The number of rotatable bonds is 4. The lowest BCUT2D eigenvalue weighted by Crippen LogP contribution is -2.03. The standard InChI is InChI=1S/C14H11BrF2O/c15-12-6-5-11(9-14(12)17)18-8-7-10-3-1-2-4-13(10)16/h1-6,9H,7-8H2. The van der Waals surface area contributed by atoms with Gasteiger partial charge in [0, 0.05) is 12.5 Å². The summed E-state index contributed by atoms with van der Waals surface area (Å²) < 4.78 is 32.3. The highest BCUT2D eigenvalue weighted by Crippen LogP contribution is 2.21. The zero-order chi connectivity index (χ0) is 13.0. The second-order valence-electron chi connectivity index (χ2n) is 3.77. The lowest BCUT2D eigenvalue weighted by atomic mass is 10.1. The van der Waals surface area contributed by atoms with Crippen LogP contribution in [0, 0.1) is 11.6 Å². The van der Waals surface area contributed by atoms with Crippen molar-refractivity contribution in [2.75, 3.05) is 6.61 Å². The second-order valence-corrected chi connectivity index (χ2v) is 4.62. The van der Waals surface area contributed by atoms with Crippen LogP contribution in [0.15, 0.2) is 46.9 Å². The average molecular weight is 313 g/mol. The lowest BCUT2D eigenvalue weighted by molar-refractivity contribution is 0.318. The molecule has 0 aromatic heterocycles. The molecule has 0 saturated heterocycles. The van der Waals surface area contributed by atoms with Crippen LogP contribution in [0.3, 0.4) is 0 Å². The highest BCUT2D eigenvalue weighted by atomic mass is 79.9. The topological polar surface area (TPSA) is 9.23 Å². The Bertz CT molecular complexity index is 543. The van der Waals surface area contributed by atoms with Gasteiger partial charge in [-0.2, -0.15) is 0 Å². The summed E-state index contributed by atoms with van der Waals surface area (Å²) in [6.45, 7) is 0.308. The Kier molecular flexibility index (Phi) is 4.31. The van der Waals surface area contributed by atoms with E-state index in [4.69, 9.17) is 4.74 Å². The van der Waals surface area contributed by atoms with Crippen molar-refractivity contribution in [2.24, 2.45) is 0 Å². The summed E-state index contributed by atoms with van der Waals surface area (Å²) in [7, 11) is 0. The van der Waals surface area contributed by atoms with Crippen molar-refractivity contribution in [3.63, 3.8) is 0 Å². The first kappa shape index (κ1) is 13.0. The van der Waals surface area contributed by atoms with Crippen molar-refractivity contribution in [1.82, 2.24) is 0 Å². The van der Waals surface area contributed by atoms with E-state index in [-0.39, 0.29) is 11.6 Å². The maximum absolute atomic E-state index is 13.3. The first-order valence-electron chi connectivity index (χ1n) is 5.48. The van der Waals surface area contributed by atoms with Gasteiger partial charge < -0.3 is 4.74 Å². The van der Waals surface area contributed by atoms with Gasteiger partial charge in [-0.15, -0.1) is 0 Å². The number of benzene rings is 2. The molecule has 18 heavy (non-hydrogen) atoms. The van der Waals surface area contributed by atoms with Crippen molar-refractivity contribution in [3.8, 4) is 5.75 Å². The van der Waals surface area contributed by atoms with Crippen molar-refractivity contribution in [3.05, 3.63) is 64.1 Å². The first-order chi connectivity index (χ1) is 8.66. The molecular formula is C14H11BrF2O. The van der Waals surface area contributed by atoms with Crippen LogP contribution in [0.1, 0.15) is 5.56 Å². The summed E-state index contributed by atoms with van der Waals surface area (Å²) in [6.07, 6.45) is 0.449. The van der Waals surface area contributed by atoms with E-state index < -0.39 is 0 Å². The first-order valence-corrected chi connectivity index (χ1v) is 6.27. The molecule has 0 aliphatic heterocycles. The van der Waals surface area contributed by atoms with Gasteiger partial charge in [0.15, 0.2) is 0 Å². The van der Waals surface area contributed by atoms with Gasteiger partial charge in [0.05, 0.1) is 11.1 Å². The average Bonchev–Trinajstić information content (AvgIpc) is 2.36. The van der Waals surface area contributed by atoms with Gasteiger partial charge in [-0.25, -0.2) is 8.78 Å². The van der Waals surface area contributed by atoms with E-state index in [2.05, 4.69) is 15.9 Å². The highest BCUT2D eigenvalue weighted by molar-refractivity contribution is 9.10. The fourth-order valence-corrected chi connectivity index (χ4v) is 1.79. The van der Waals surface area contributed by atoms with Gasteiger partial charge in [-0.05, 0) is 39.7 Å². The zero-order valence-electron chi connectivity index (χ0n) is 9.50. The Morgan fingerprint density at radius 1 is 1.00 bits per heavy atom. The van der Waals surface area contributed by atoms with Crippen molar-refractivity contribution in [1.29, 1.82) is 0 Å². The van der Waals surface area contributed by atoms with Crippen LogP contribution < -0.4 is 4.74 Å². The molecule has 0 aliphatic rings. The molecule has 2 rings (SSSR count). The number of halogens is 3. The Morgan fingerprint density at radius 2 is 1.78 bits per heavy atom. The second kappa shape index (κ2) is 5.96. The van der Waals surface area contributed by atoms with Gasteiger partial charge >= 0.3 is 0 Å². The van der Waals surface area contributed by atoms with Crippen LogP contribution in [-0.4, -0.2) is 6.61 Å². The molecule has 0 fully saturated rings. The minimum absolute atomic E-state index is 0.247. The quantitative estimate of drug-likeness (QED) is 0.815. The predicted molar refractivity (Wildman–Crippen MR) is 69.7 cm³/mol. The molecular weight excluding hydrogens is 302 g/mol. The smallest absolute Gasteiger partial charge is 0.141 e. The third-order valence-electron chi connectivity index (χ3n) is 2.49. The molecule has 0 bridgehead atoms. The highest BCUT2D eigenvalue weighted by Gasteiger charge is 2.03. The summed E-state index contributed by atoms with van der Waals surface area (Å²) in [5.41, 5.74) is 0.593. The molecule has 0 amide bonds. The summed E-state index contributed by atoms with van der Waals surface area (Å²) in [5, 5.41) is 0. The largest absolute Gasteiger partial charge is 0.493 e. The lowest BCUT2D eigenvalue weighted by Gasteiger charge is -2.07. The minimum Gasteiger partial charge on any atom is -0.493 e. The molecule has 94 valence electrons. The predicted octanol–water partition coefficient (Wildman–Crippen LogP) is 4.35. The zero-order valence-corrected chi connectivity index (χ0v) is 11.1. The van der Waals surface area contributed by atoms with Gasteiger partial charge in [0.25, 0.3) is 0 Å². The van der Waals surface area contributed by atoms with E-state index >= 15 is 0 Å². The SMILES string of the molecule is Fc1cc(OCCc2ccccc2F)ccc1Br. The normalized spacial score (nSPS) is 10.4. The Labute approximate surface area is 113 Å². The number of ether oxygens (including phenoxy) is 1. The fourth-order valence-electron chi connectivity index (χ4n) is 1.55. The van der Waals surface area contributed by atoms with Gasteiger partial charge in [-0.3, -0.25) is 0 Å². The summed E-state index contributed by atoms with van der Waals surface area (Å²) in [4.78, 5) is 0. The molecule has 1 nitrogen and oxygen atoms in total. The molecule has 0 N–H and O–H groups in total. The summed E-state index contributed by atoms with van der Waals surface area (Å²) in [6, 6.07) is 11.1. The van der Waals surface area contributed by atoms with Gasteiger partial charge in [-0.1, -0.05) is 18.2 Å². The van der Waals surface area contributed by atoms with Gasteiger partial charge in [0.1, 0.15) is 17.4 Å². The van der Waals surface area contributed by atoms with Crippen LogP contribution in [-0.2, 0) is 6.42 Å². The van der Waals surface area contributed by atoms with E-state index in [1.54, 1.807) is 30.3 Å². The van der Waals surface area contributed by atoms with Crippen LogP contribution in [0.4, 0.5) is 8.78 Å². The van der Waals surface area contributed by atoms with Gasteiger partial charge in [0.2, 0.25) is 0 Å². The third-order valence-corrected chi connectivity index (χ3v) is 3.13. The van der Waals surface area contributed by atoms with E-state index in [1.165, 1.54) is 12.1 Å². The van der Waals surface area contributed by atoms with Crippen molar-refractivity contribution < 1.29 is 13.5 Å². The van der Waals surface area contributed by atoms with E-state index in [1.807, 2.05) is 0 Å². The Hall–Kier alpha value is -1.42. The van der Waals surface area contributed by atoms with Crippen LogP contribution in [0.2, 0.25) is 0 Å². The summed E-state index contributed by atoms with van der Waals surface area (Å²) in [5.74, 6) is -0.187. The molecule has 2 aromatic rings. The molecule has 0 radical (unpaired) electrons. The molecule has 0 atom stereocenters. The van der Waals surface area contributed by atoms with Crippen LogP contribution in [0.25, 0.3) is 0 Å². The van der Waals surface area contributed by atoms with Crippen LogP contribution >= 0.6 is 15.9 Å². The molecule has 0 unspecified atom stereocenters. The molecule has 0 saturated carbocycles. The maximum Gasteiger partial charge on any atom is 0.141 e. The number of hydrogen-bond acceptors (Lipinski definition) is 1. The Morgan fingerprint density at radius 3 is 2.50 bits per heavy atom. The number of hydrogen-bond donors (Lipinski definition) is 0. The summed E-state index contributed by atoms with van der Waals surface area (Å²) >= 11 is 3.06. The van der Waals surface area contributed by atoms with E-state index in [0.717, 1.165) is 0 Å². The van der Waals surface area contributed by atoms with Crippen molar-refractivity contribution in [2.45, 2.75) is 6.42 Å². The third kappa shape index (κ3) is 3.29. The molecule has 0 spiro atoms.